The van der Waals surface area contributed by atoms with Gasteiger partial charge in [-0.1, -0.05) is 23.7 Å². The van der Waals surface area contributed by atoms with Gasteiger partial charge in [-0.3, -0.25) is 5.21 Å². The third-order valence-electron chi connectivity index (χ3n) is 3.77. The molecule has 0 unspecified atom stereocenters. The van der Waals surface area contributed by atoms with E-state index in [4.69, 9.17) is 26.9 Å². The number of rotatable bonds is 5. The van der Waals surface area contributed by atoms with Gasteiger partial charge in [-0.05, 0) is 36.4 Å². The second kappa shape index (κ2) is 7.60. The first-order valence-electron chi connectivity index (χ1n) is 7.80. The van der Waals surface area contributed by atoms with Crippen LogP contribution in [-0.4, -0.2) is 29.7 Å². The maximum absolute atomic E-state index is 11.4. The van der Waals surface area contributed by atoms with Crippen molar-refractivity contribution in [2.75, 3.05) is 0 Å². The van der Waals surface area contributed by atoms with Crippen molar-refractivity contribution in [2.45, 2.75) is 11.4 Å². The number of sulfonamides is 1. The normalized spacial score (nSPS) is 11.4. The molecule has 0 saturated carbocycles. The summed E-state index contributed by atoms with van der Waals surface area (Å²) in [4.78, 5) is 15.3. The number of primary sulfonamides is 1. The molecule has 2 amide bonds. The molecule has 0 atom stereocenters. The number of primary amides is 1. The fourth-order valence-corrected chi connectivity index (χ4v) is 3.07. The van der Waals surface area contributed by atoms with E-state index in [-0.39, 0.29) is 22.4 Å². The summed E-state index contributed by atoms with van der Waals surface area (Å²) in [6, 6.07) is 11.4. The molecule has 0 aliphatic heterocycles. The van der Waals surface area contributed by atoms with Crippen LogP contribution >= 0.6 is 11.6 Å². The van der Waals surface area contributed by atoms with Crippen LogP contribution in [-0.2, 0) is 16.6 Å². The van der Waals surface area contributed by atoms with E-state index in [1.165, 1.54) is 24.3 Å². The van der Waals surface area contributed by atoms with Crippen molar-refractivity contribution in [1.82, 2.24) is 10.0 Å². The lowest BCUT2D eigenvalue weighted by molar-refractivity contribution is -0.0523. The van der Waals surface area contributed by atoms with Crippen LogP contribution in [0.3, 0.4) is 0 Å². The largest absolute Gasteiger partial charge is 0.438 e. The predicted molar refractivity (Wildman–Crippen MR) is 101 cm³/mol. The first kappa shape index (κ1) is 19.8. The number of benzene rings is 2. The molecule has 11 heteroatoms. The van der Waals surface area contributed by atoms with Gasteiger partial charge in [0.05, 0.1) is 4.90 Å². The summed E-state index contributed by atoms with van der Waals surface area (Å²) < 4.78 is 28.6. The van der Waals surface area contributed by atoms with E-state index in [0.717, 1.165) is 0 Å². The summed E-state index contributed by atoms with van der Waals surface area (Å²) in [6.07, 6.45) is 0. The standard InChI is InChI=1S/C17H15ClN4O5S/c18-12-5-1-11(2-6-12)16-15(21-14(27-16)9-22(24)17(19)23)10-3-7-13(8-4-10)28(20,25)26/h1-8,24H,9H2,(H2,19,23)(H2,20,25,26). The highest BCUT2D eigenvalue weighted by Crippen LogP contribution is 2.34. The molecule has 9 nitrogen and oxygen atoms in total. The molecule has 1 aromatic heterocycles. The van der Waals surface area contributed by atoms with Gasteiger partial charge in [-0.25, -0.2) is 23.3 Å². The first-order chi connectivity index (χ1) is 13.1. The van der Waals surface area contributed by atoms with E-state index < -0.39 is 16.1 Å². The predicted octanol–water partition coefficient (Wildman–Crippen LogP) is 2.58. The summed E-state index contributed by atoms with van der Waals surface area (Å²) in [5.41, 5.74) is 6.55. The fourth-order valence-electron chi connectivity index (χ4n) is 2.43. The van der Waals surface area contributed by atoms with Crippen LogP contribution < -0.4 is 10.9 Å². The number of urea groups is 1. The van der Waals surface area contributed by atoms with Gasteiger partial charge in [0, 0.05) is 16.1 Å². The van der Waals surface area contributed by atoms with Crippen LogP contribution in [0.2, 0.25) is 5.02 Å². The molecule has 3 aromatic rings. The highest BCUT2D eigenvalue weighted by Gasteiger charge is 2.20. The van der Waals surface area contributed by atoms with Gasteiger partial charge in [0.1, 0.15) is 12.2 Å². The summed E-state index contributed by atoms with van der Waals surface area (Å²) in [7, 11) is -3.84. The molecular weight excluding hydrogens is 408 g/mol. The van der Waals surface area contributed by atoms with E-state index in [1.807, 2.05) is 0 Å². The molecule has 28 heavy (non-hydrogen) atoms. The number of nitrogens with two attached hydrogens (primary N) is 2. The highest BCUT2D eigenvalue weighted by atomic mass is 35.5. The minimum absolute atomic E-state index is 0.0248. The molecule has 0 spiro atoms. The van der Waals surface area contributed by atoms with E-state index >= 15 is 0 Å². The molecule has 0 bridgehead atoms. The average Bonchev–Trinajstić information content (AvgIpc) is 3.05. The average molecular weight is 423 g/mol. The van der Waals surface area contributed by atoms with Gasteiger partial charge in [-0.2, -0.15) is 5.06 Å². The Hall–Kier alpha value is -2.92. The van der Waals surface area contributed by atoms with Crippen molar-refractivity contribution in [1.29, 1.82) is 0 Å². The Labute approximate surface area is 165 Å². The summed E-state index contributed by atoms with van der Waals surface area (Å²) in [6.45, 7) is -0.370. The third kappa shape index (κ3) is 4.31. The van der Waals surface area contributed by atoms with Gasteiger partial charge in [0.25, 0.3) is 0 Å². The molecule has 0 aliphatic rings. The van der Waals surface area contributed by atoms with Crippen LogP contribution in [0.15, 0.2) is 57.8 Å². The van der Waals surface area contributed by atoms with Crippen molar-refractivity contribution in [3.05, 3.63) is 59.4 Å². The lowest BCUT2D eigenvalue weighted by atomic mass is 10.1. The van der Waals surface area contributed by atoms with Crippen molar-refractivity contribution >= 4 is 27.7 Å². The molecule has 0 saturated heterocycles. The Kier molecular flexibility index (Phi) is 5.38. The Morgan fingerprint density at radius 3 is 2.21 bits per heavy atom. The Morgan fingerprint density at radius 1 is 1.11 bits per heavy atom. The second-order valence-corrected chi connectivity index (χ2v) is 7.76. The van der Waals surface area contributed by atoms with E-state index in [0.29, 0.717) is 27.6 Å². The van der Waals surface area contributed by atoms with Crippen molar-refractivity contribution in [3.8, 4) is 22.6 Å². The zero-order valence-corrected chi connectivity index (χ0v) is 15.8. The molecule has 5 N–H and O–H groups in total. The van der Waals surface area contributed by atoms with Gasteiger partial charge >= 0.3 is 6.03 Å². The Morgan fingerprint density at radius 2 is 1.68 bits per heavy atom. The molecule has 0 fully saturated rings. The van der Waals surface area contributed by atoms with E-state index in [1.54, 1.807) is 24.3 Å². The summed E-state index contributed by atoms with van der Waals surface area (Å²) in [5.74, 6) is 0.365. The number of nitrogens with zero attached hydrogens (tertiary/aromatic N) is 2. The minimum Gasteiger partial charge on any atom is -0.438 e. The number of aromatic nitrogens is 1. The zero-order chi connectivity index (χ0) is 20.5. The van der Waals surface area contributed by atoms with E-state index in [9.17, 15) is 18.4 Å². The van der Waals surface area contributed by atoms with Crippen molar-refractivity contribution in [2.24, 2.45) is 10.9 Å². The smallest absolute Gasteiger partial charge is 0.339 e. The Bertz CT molecular complexity index is 1110. The maximum Gasteiger partial charge on any atom is 0.339 e. The SMILES string of the molecule is NC(=O)N(O)Cc1nc(-c2ccc(S(N)(=O)=O)cc2)c(-c2ccc(Cl)cc2)o1. The molecule has 1 heterocycles. The van der Waals surface area contributed by atoms with E-state index in [2.05, 4.69) is 4.98 Å². The third-order valence-corrected chi connectivity index (χ3v) is 4.95. The summed E-state index contributed by atoms with van der Waals surface area (Å²) in [5, 5.41) is 15.4. The maximum atomic E-state index is 11.4. The number of hydrogen-bond acceptors (Lipinski definition) is 6. The first-order valence-corrected chi connectivity index (χ1v) is 9.72. The number of hydrogen-bond donors (Lipinski definition) is 3. The Balaban J connectivity index is 2.08. The number of amides is 2. The number of carbonyl (C=O) groups is 1. The molecule has 0 radical (unpaired) electrons. The molecule has 3 rings (SSSR count). The van der Waals surface area contributed by atoms with Gasteiger partial charge in [0.2, 0.25) is 15.9 Å². The molecule has 0 aliphatic carbocycles. The van der Waals surface area contributed by atoms with Gasteiger partial charge in [0.15, 0.2) is 5.76 Å². The highest BCUT2D eigenvalue weighted by molar-refractivity contribution is 7.89. The van der Waals surface area contributed by atoms with Crippen LogP contribution in [0.25, 0.3) is 22.6 Å². The summed E-state index contributed by atoms with van der Waals surface area (Å²) >= 11 is 5.92. The lowest BCUT2D eigenvalue weighted by Gasteiger charge is -2.08. The number of hydroxylamine groups is 2. The van der Waals surface area contributed by atoms with Gasteiger partial charge < -0.3 is 10.2 Å². The molecule has 146 valence electrons. The monoisotopic (exact) mass is 422 g/mol. The second-order valence-electron chi connectivity index (χ2n) is 5.76. The van der Waals surface area contributed by atoms with Crippen LogP contribution in [0.1, 0.15) is 5.89 Å². The topological polar surface area (TPSA) is 153 Å². The van der Waals surface area contributed by atoms with Crippen LogP contribution in [0.5, 0.6) is 0 Å². The molecular formula is C17H15ClN4O5S. The van der Waals surface area contributed by atoms with Crippen molar-refractivity contribution < 1.29 is 22.8 Å². The number of oxazole rings is 1. The fraction of sp³-hybridized carbons (Fsp3) is 0.0588. The van der Waals surface area contributed by atoms with Crippen LogP contribution in [0.4, 0.5) is 4.79 Å². The lowest BCUT2D eigenvalue weighted by Crippen LogP contribution is -2.32. The number of carbonyl (C=O) groups excluding carboxylic acids is 1. The minimum atomic E-state index is -3.84. The van der Waals surface area contributed by atoms with Gasteiger partial charge in [-0.15, -0.1) is 0 Å². The quantitative estimate of drug-likeness (QED) is 0.424. The zero-order valence-electron chi connectivity index (χ0n) is 14.2. The number of halogens is 1. The molecule has 2 aromatic carbocycles. The van der Waals surface area contributed by atoms with Crippen LogP contribution in [0, 0.1) is 0 Å². The van der Waals surface area contributed by atoms with Crippen molar-refractivity contribution in [3.63, 3.8) is 0 Å².